The Balaban J connectivity index is 1.53. The van der Waals surface area contributed by atoms with Gasteiger partial charge >= 0.3 is 6.09 Å². The molecule has 1 N–H and O–H groups in total. The van der Waals surface area contributed by atoms with E-state index in [4.69, 9.17) is 14.2 Å². The molecule has 2 amide bonds. The Morgan fingerprint density at radius 3 is 2.47 bits per heavy atom. The molecule has 7 heteroatoms. The fourth-order valence-corrected chi connectivity index (χ4v) is 3.81. The van der Waals surface area contributed by atoms with Crippen molar-refractivity contribution in [3.8, 4) is 5.75 Å². The molecule has 3 rings (SSSR count). The van der Waals surface area contributed by atoms with Gasteiger partial charge in [0.05, 0.1) is 38.4 Å². The Morgan fingerprint density at radius 2 is 1.81 bits per heavy atom. The maximum absolute atomic E-state index is 13.1. The van der Waals surface area contributed by atoms with Gasteiger partial charge in [-0.15, -0.1) is 0 Å². The summed E-state index contributed by atoms with van der Waals surface area (Å²) in [5.74, 6) is -0.712. The van der Waals surface area contributed by atoms with Crippen LogP contribution >= 0.6 is 0 Å². The fraction of sp³-hybridized carbons (Fsp3) is 0.440. The summed E-state index contributed by atoms with van der Waals surface area (Å²) in [6.45, 7) is 4.29. The summed E-state index contributed by atoms with van der Waals surface area (Å²) in [4.78, 5) is 26.5. The topological polar surface area (TPSA) is 85.3 Å². The van der Waals surface area contributed by atoms with Gasteiger partial charge in [0.25, 0.3) is 0 Å². The summed E-state index contributed by atoms with van der Waals surface area (Å²) in [5.41, 5.74) is 2.00. The van der Waals surface area contributed by atoms with Crippen LogP contribution in [0, 0.1) is 11.8 Å². The lowest BCUT2D eigenvalue weighted by Gasteiger charge is -2.28. The van der Waals surface area contributed by atoms with Gasteiger partial charge in [0.2, 0.25) is 5.91 Å². The van der Waals surface area contributed by atoms with Crippen LogP contribution in [0.15, 0.2) is 54.6 Å². The minimum absolute atomic E-state index is 0.156. The zero-order valence-electron chi connectivity index (χ0n) is 18.8. The summed E-state index contributed by atoms with van der Waals surface area (Å²) in [7, 11) is 1.61. The second-order valence-corrected chi connectivity index (χ2v) is 8.25. The second kappa shape index (κ2) is 11.1. The van der Waals surface area contributed by atoms with E-state index in [-0.39, 0.29) is 25.2 Å². The van der Waals surface area contributed by atoms with Gasteiger partial charge in [-0.2, -0.15) is 0 Å². The number of nitrogens with zero attached hydrogens (tertiary/aromatic N) is 1. The van der Waals surface area contributed by atoms with Gasteiger partial charge in [-0.3, -0.25) is 4.79 Å². The Hall–Kier alpha value is -2.90. The van der Waals surface area contributed by atoms with Crippen LogP contribution in [-0.2, 0) is 27.3 Å². The normalized spacial score (nSPS) is 18.7. The van der Waals surface area contributed by atoms with Gasteiger partial charge in [-0.1, -0.05) is 56.3 Å². The van der Waals surface area contributed by atoms with Crippen LogP contribution < -0.4 is 4.74 Å². The third kappa shape index (κ3) is 5.87. The van der Waals surface area contributed by atoms with Gasteiger partial charge in [0, 0.05) is 5.92 Å². The van der Waals surface area contributed by atoms with Crippen molar-refractivity contribution in [2.24, 2.45) is 11.8 Å². The van der Waals surface area contributed by atoms with Gasteiger partial charge in [0.1, 0.15) is 12.4 Å². The van der Waals surface area contributed by atoms with Crippen molar-refractivity contribution in [3.63, 3.8) is 0 Å². The number of carbonyl (C=O) groups excluding carboxylic acids is 2. The number of benzene rings is 2. The van der Waals surface area contributed by atoms with Crippen molar-refractivity contribution in [1.29, 1.82) is 0 Å². The molecule has 1 aliphatic heterocycles. The molecule has 7 nitrogen and oxygen atoms in total. The third-order valence-electron chi connectivity index (χ3n) is 5.81. The van der Waals surface area contributed by atoms with E-state index in [9.17, 15) is 14.7 Å². The minimum atomic E-state index is -0.954. The van der Waals surface area contributed by atoms with Gasteiger partial charge < -0.3 is 19.3 Å². The van der Waals surface area contributed by atoms with E-state index in [2.05, 4.69) is 0 Å². The first kappa shape index (κ1) is 23.8. The Kier molecular flexibility index (Phi) is 8.25. The third-order valence-corrected chi connectivity index (χ3v) is 5.81. The molecule has 0 radical (unpaired) electrons. The number of aliphatic hydroxyl groups is 1. The van der Waals surface area contributed by atoms with Gasteiger partial charge in [-0.05, 0) is 29.7 Å². The highest BCUT2D eigenvalue weighted by atomic mass is 16.6. The molecule has 0 bridgehead atoms. The highest BCUT2D eigenvalue weighted by Gasteiger charge is 2.42. The molecule has 1 saturated heterocycles. The van der Waals surface area contributed by atoms with Crippen LogP contribution in [0.1, 0.15) is 25.0 Å². The molecule has 0 aromatic heterocycles. The minimum Gasteiger partial charge on any atom is -0.497 e. The van der Waals surface area contributed by atoms with Crippen molar-refractivity contribution >= 4 is 12.0 Å². The molecular weight excluding hydrogens is 410 g/mol. The van der Waals surface area contributed by atoms with Gasteiger partial charge in [-0.25, -0.2) is 9.69 Å². The van der Waals surface area contributed by atoms with E-state index in [1.165, 1.54) is 0 Å². The Bertz CT molecular complexity index is 885. The molecule has 172 valence electrons. The molecule has 4 atom stereocenters. The number of cyclic esters (lactones) is 1. The second-order valence-electron chi connectivity index (χ2n) is 8.25. The molecule has 2 aromatic rings. The lowest BCUT2D eigenvalue weighted by atomic mass is 9.92. The molecule has 1 fully saturated rings. The van der Waals surface area contributed by atoms with Crippen LogP contribution in [0.5, 0.6) is 5.75 Å². The predicted octanol–water partition coefficient (Wildman–Crippen LogP) is 3.44. The van der Waals surface area contributed by atoms with Crippen molar-refractivity contribution in [1.82, 2.24) is 4.90 Å². The van der Waals surface area contributed by atoms with Crippen LogP contribution in [0.3, 0.4) is 0 Å². The highest BCUT2D eigenvalue weighted by Crippen LogP contribution is 2.23. The smallest absolute Gasteiger partial charge is 0.416 e. The monoisotopic (exact) mass is 441 g/mol. The first-order valence-electron chi connectivity index (χ1n) is 10.8. The molecule has 0 saturated carbocycles. The fourth-order valence-electron chi connectivity index (χ4n) is 3.81. The molecule has 32 heavy (non-hydrogen) atoms. The summed E-state index contributed by atoms with van der Waals surface area (Å²) in [6.07, 6.45) is -1.09. The SMILES string of the molecule is COc1ccc(COC[C@H](C)[C@H](O)[C@@H](C)C(=O)N2C(=O)OC[C@@H]2Cc2ccccc2)cc1. The van der Waals surface area contributed by atoms with E-state index >= 15 is 0 Å². The maximum Gasteiger partial charge on any atom is 0.416 e. The van der Waals surface area contributed by atoms with Gasteiger partial charge in [0.15, 0.2) is 0 Å². The molecule has 1 aliphatic rings. The lowest BCUT2D eigenvalue weighted by molar-refractivity contribution is -0.138. The maximum atomic E-state index is 13.1. The number of imide groups is 1. The molecule has 0 spiro atoms. The van der Waals surface area contributed by atoms with Crippen LogP contribution in [-0.4, -0.2) is 54.5 Å². The number of methoxy groups -OCH3 is 1. The first-order chi connectivity index (χ1) is 15.4. The lowest BCUT2D eigenvalue weighted by Crippen LogP contribution is -2.47. The predicted molar refractivity (Wildman–Crippen MR) is 119 cm³/mol. The van der Waals surface area contributed by atoms with Crippen molar-refractivity contribution in [2.45, 2.75) is 39.0 Å². The van der Waals surface area contributed by atoms with Crippen molar-refractivity contribution in [3.05, 3.63) is 65.7 Å². The summed E-state index contributed by atoms with van der Waals surface area (Å²) >= 11 is 0. The molecule has 0 aliphatic carbocycles. The summed E-state index contributed by atoms with van der Waals surface area (Å²) < 4.78 is 16.0. The quantitative estimate of drug-likeness (QED) is 0.608. The summed E-state index contributed by atoms with van der Waals surface area (Å²) in [6, 6.07) is 16.8. The van der Waals surface area contributed by atoms with Crippen molar-refractivity contribution < 1.29 is 28.9 Å². The Morgan fingerprint density at radius 1 is 1.12 bits per heavy atom. The van der Waals surface area contributed by atoms with E-state index < -0.39 is 24.0 Å². The van der Waals surface area contributed by atoms with E-state index in [0.29, 0.717) is 13.0 Å². The average molecular weight is 442 g/mol. The zero-order valence-corrected chi connectivity index (χ0v) is 18.8. The largest absolute Gasteiger partial charge is 0.497 e. The van der Waals surface area contributed by atoms with Crippen LogP contribution in [0.2, 0.25) is 0 Å². The van der Waals surface area contributed by atoms with E-state index in [1.54, 1.807) is 14.0 Å². The zero-order chi connectivity index (χ0) is 23.1. The number of hydrogen-bond donors (Lipinski definition) is 1. The highest BCUT2D eigenvalue weighted by molar-refractivity contribution is 5.95. The standard InChI is InChI=1S/C25H31NO6/c1-17(14-31-15-20-9-11-22(30-3)12-10-20)23(27)18(2)24(28)26-21(16-32-25(26)29)13-19-7-5-4-6-8-19/h4-12,17-18,21,23,27H,13-16H2,1-3H3/t17-,18+,21-,23-/m0/s1. The average Bonchev–Trinajstić information content (AvgIpc) is 3.18. The first-order valence-corrected chi connectivity index (χ1v) is 10.8. The number of amides is 2. The molecule has 1 heterocycles. The van der Waals surface area contributed by atoms with Crippen LogP contribution in [0.4, 0.5) is 4.79 Å². The number of aliphatic hydroxyl groups excluding tert-OH is 1. The Labute approximate surface area is 188 Å². The molecule has 0 unspecified atom stereocenters. The van der Waals surface area contributed by atoms with E-state index in [1.807, 2.05) is 61.5 Å². The number of carbonyl (C=O) groups is 2. The van der Waals surface area contributed by atoms with Crippen LogP contribution in [0.25, 0.3) is 0 Å². The molecule has 2 aromatic carbocycles. The van der Waals surface area contributed by atoms with Crippen molar-refractivity contribution in [2.75, 3.05) is 20.3 Å². The summed E-state index contributed by atoms with van der Waals surface area (Å²) in [5, 5.41) is 10.7. The number of ether oxygens (including phenoxy) is 3. The number of rotatable bonds is 10. The van der Waals surface area contributed by atoms with E-state index in [0.717, 1.165) is 21.8 Å². The number of hydrogen-bond acceptors (Lipinski definition) is 6. The molecular formula is C25H31NO6.